The summed E-state index contributed by atoms with van der Waals surface area (Å²) in [5.74, 6) is -0.838. The lowest BCUT2D eigenvalue weighted by molar-refractivity contribution is 0.168. The highest BCUT2D eigenvalue weighted by Crippen LogP contribution is 2.29. The number of rotatable bonds is 10. The summed E-state index contributed by atoms with van der Waals surface area (Å²) in [7, 11) is 0. The number of aryl methyl sites for hydroxylation is 2. The molecule has 0 aliphatic rings. The third-order valence-electron chi connectivity index (χ3n) is 8.40. The lowest BCUT2D eigenvalue weighted by atomic mass is 10.2. The van der Waals surface area contributed by atoms with Crippen molar-refractivity contribution >= 4 is 44.8 Å². The van der Waals surface area contributed by atoms with Crippen LogP contribution in [0.5, 0.6) is 0 Å². The van der Waals surface area contributed by atoms with Crippen LogP contribution in [0.25, 0.3) is 44.8 Å². The summed E-state index contributed by atoms with van der Waals surface area (Å²) in [5.41, 5.74) is 8.61. The van der Waals surface area contributed by atoms with Crippen molar-refractivity contribution in [3.8, 4) is 22.8 Å². The third-order valence-corrected chi connectivity index (χ3v) is 8.40. The van der Waals surface area contributed by atoms with Gasteiger partial charge in [-0.3, -0.25) is 29.3 Å². The second-order valence-electron chi connectivity index (χ2n) is 13.2. The molecule has 0 aliphatic carbocycles. The van der Waals surface area contributed by atoms with Crippen LogP contribution in [-0.4, -0.2) is 71.9 Å². The molecule has 0 amide bonds. The van der Waals surface area contributed by atoms with E-state index in [1.165, 1.54) is 12.1 Å². The first-order chi connectivity index (χ1) is 27.0. The Morgan fingerprint density at radius 2 is 1.20 bits per heavy atom. The molecule has 4 N–H and O–H groups in total. The molecule has 0 saturated carbocycles. The van der Waals surface area contributed by atoms with Crippen molar-refractivity contribution in [3.63, 3.8) is 0 Å². The van der Waals surface area contributed by atoms with Gasteiger partial charge in [0.1, 0.15) is 33.5 Å². The standard InChI is InChI=1S/2C20H19FN6O/c1-12-3-4-15(21)19(25-12)17-9-14(5-7-22-17)26-16-6-8-23-18-10-24-27(20(16)18)11-13(2)28;1-12-3-4-15(21)19(24-12)17-9-14(5-7-22-17)25-16-6-8-23-18-11-27(10-13(2)28)26-20(16)18/h3-10,13,28H,11H2,1-2H3,(H,22,23,26);3-9,11,13,28H,10H2,1-2H3,(H,22,25)/t2*13-/m00/s1. The van der Waals surface area contributed by atoms with Gasteiger partial charge < -0.3 is 20.8 Å². The van der Waals surface area contributed by atoms with Gasteiger partial charge in [0.15, 0.2) is 11.6 Å². The Hall–Kier alpha value is -6.78. The van der Waals surface area contributed by atoms with Crippen LogP contribution in [0.1, 0.15) is 25.2 Å². The van der Waals surface area contributed by atoms with Crippen molar-refractivity contribution in [1.82, 2.24) is 49.5 Å². The van der Waals surface area contributed by atoms with E-state index in [-0.39, 0.29) is 11.4 Å². The molecule has 8 heterocycles. The molecule has 0 aromatic carbocycles. The molecule has 0 bridgehead atoms. The van der Waals surface area contributed by atoms with Crippen molar-refractivity contribution in [2.75, 3.05) is 10.6 Å². The first-order valence-electron chi connectivity index (χ1n) is 17.7. The summed E-state index contributed by atoms with van der Waals surface area (Å²) in [5, 5.41) is 34.7. The number of aliphatic hydroxyl groups is 2. The van der Waals surface area contributed by atoms with E-state index < -0.39 is 23.8 Å². The molecule has 8 rings (SSSR count). The molecule has 0 saturated heterocycles. The number of nitrogens with one attached hydrogen (secondary N) is 2. The van der Waals surface area contributed by atoms with Crippen LogP contribution in [0.3, 0.4) is 0 Å². The summed E-state index contributed by atoms with van der Waals surface area (Å²) in [4.78, 5) is 25.7. The molecular weight excluding hydrogens is 719 g/mol. The van der Waals surface area contributed by atoms with E-state index in [9.17, 15) is 19.0 Å². The van der Waals surface area contributed by atoms with Gasteiger partial charge in [0.05, 0.1) is 60.5 Å². The van der Waals surface area contributed by atoms with E-state index in [1.54, 1.807) is 96.8 Å². The van der Waals surface area contributed by atoms with Crippen LogP contribution in [0.4, 0.5) is 31.5 Å². The minimum absolute atomic E-state index is 0.211. The van der Waals surface area contributed by atoms with Crippen molar-refractivity contribution in [2.45, 2.75) is 53.0 Å². The van der Waals surface area contributed by atoms with Gasteiger partial charge in [0, 0.05) is 47.6 Å². The summed E-state index contributed by atoms with van der Waals surface area (Å²) in [6.07, 6.45) is 8.97. The van der Waals surface area contributed by atoms with E-state index in [1.807, 2.05) is 26.0 Å². The molecule has 16 heteroatoms. The van der Waals surface area contributed by atoms with E-state index in [4.69, 9.17) is 0 Å². The van der Waals surface area contributed by atoms with Gasteiger partial charge in [0.25, 0.3) is 0 Å². The maximum absolute atomic E-state index is 14.2. The van der Waals surface area contributed by atoms with Crippen LogP contribution < -0.4 is 10.6 Å². The Morgan fingerprint density at radius 1 is 0.661 bits per heavy atom. The van der Waals surface area contributed by atoms with Crippen molar-refractivity contribution in [2.24, 2.45) is 0 Å². The van der Waals surface area contributed by atoms with Crippen LogP contribution in [0.2, 0.25) is 0 Å². The predicted molar refractivity (Wildman–Crippen MR) is 209 cm³/mol. The first-order valence-corrected chi connectivity index (χ1v) is 17.7. The van der Waals surface area contributed by atoms with Gasteiger partial charge >= 0.3 is 0 Å². The second-order valence-corrected chi connectivity index (χ2v) is 13.2. The molecule has 14 nitrogen and oxygen atoms in total. The number of aliphatic hydroxyl groups excluding tert-OH is 2. The van der Waals surface area contributed by atoms with Gasteiger partial charge in [0.2, 0.25) is 0 Å². The monoisotopic (exact) mass is 756 g/mol. The summed E-state index contributed by atoms with van der Waals surface area (Å²) in [6.45, 7) is 7.76. The molecule has 56 heavy (non-hydrogen) atoms. The summed E-state index contributed by atoms with van der Waals surface area (Å²) >= 11 is 0. The van der Waals surface area contributed by atoms with Gasteiger partial charge in [-0.25, -0.2) is 18.7 Å². The zero-order chi connectivity index (χ0) is 39.3. The van der Waals surface area contributed by atoms with Crippen molar-refractivity contribution < 1.29 is 19.0 Å². The van der Waals surface area contributed by atoms with E-state index >= 15 is 0 Å². The second kappa shape index (κ2) is 16.3. The molecule has 0 radical (unpaired) electrons. The van der Waals surface area contributed by atoms with Crippen LogP contribution >= 0.6 is 0 Å². The summed E-state index contributed by atoms with van der Waals surface area (Å²) < 4.78 is 31.7. The number of nitrogens with zero attached hydrogens (tertiary/aromatic N) is 10. The van der Waals surface area contributed by atoms with Crippen LogP contribution in [0, 0.1) is 25.5 Å². The van der Waals surface area contributed by atoms with Gasteiger partial charge in [-0.1, -0.05) is 0 Å². The molecule has 0 aliphatic heterocycles. The maximum atomic E-state index is 14.2. The minimum Gasteiger partial charge on any atom is -0.391 e. The van der Waals surface area contributed by atoms with E-state index in [0.717, 1.165) is 39.7 Å². The fraction of sp³-hybridized carbons (Fsp3) is 0.200. The molecule has 8 aromatic rings. The Morgan fingerprint density at radius 3 is 1.79 bits per heavy atom. The SMILES string of the molecule is Cc1ccc(F)c(-c2cc(Nc3ccnc4cn(C[C@H](C)O)nc34)ccn2)n1.Cc1ccc(F)c(-c2cc(Nc3ccnc4cnn(C[C@H](C)O)c34)ccn2)n1. The molecule has 284 valence electrons. The Balaban J connectivity index is 0.000000172. The largest absolute Gasteiger partial charge is 0.391 e. The normalized spacial score (nSPS) is 12.3. The predicted octanol–water partition coefficient (Wildman–Crippen LogP) is 6.92. The number of pyridine rings is 6. The molecule has 2 atom stereocenters. The number of halogens is 2. The quantitative estimate of drug-likeness (QED) is 0.113. The highest BCUT2D eigenvalue weighted by Gasteiger charge is 2.15. The minimum atomic E-state index is -0.543. The topological polar surface area (TPSA) is 178 Å². The van der Waals surface area contributed by atoms with Crippen LogP contribution in [0.15, 0.2) is 97.8 Å². The third kappa shape index (κ3) is 8.61. The Kier molecular flexibility index (Phi) is 10.9. The first kappa shape index (κ1) is 37.5. The number of aromatic nitrogens is 10. The van der Waals surface area contributed by atoms with Crippen molar-refractivity contribution in [1.29, 1.82) is 0 Å². The number of hydrogen-bond donors (Lipinski definition) is 4. The number of anilines is 4. The van der Waals surface area contributed by atoms with Crippen LogP contribution in [-0.2, 0) is 13.1 Å². The van der Waals surface area contributed by atoms with Gasteiger partial charge in [-0.15, -0.1) is 0 Å². The zero-order valence-corrected chi connectivity index (χ0v) is 30.9. The fourth-order valence-corrected chi connectivity index (χ4v) is 5.97. The highest BCUT2D eigenvalue weighted by atomic mass is 19.1. The molecule has 8 aromatic heterocycles. The number of fused-ring (bicyclic) bond motifs is 2. The smallest absolute Gasteiger partial charge is 0.151 e. The number of hydrogen-bond acceptors (Lipinski definition) is 12. The van der Waals surface area contributed by atoms with E-state index in [0.29, 0.717) is 41.0 Å². The van der Waals surface area contributed by atoms with Crippen molar-refractivity contribution in [3.05, 3.63) is 121 Å². The summed E-state index contributed by atoms with van der Waals surface area (Å²) in [6, 6.07) is 16.7. The lowest BCUT2D eigenvalue weighted by Crippen LogP contribution is -2.13. The average molecular weight is 757 g/mol. The Labute approximate surface area is 320 Å². The molecular formula is C40H38F2N12O2. The zero-order valence-electron chi connectivity index (χ0n) is 30.9. The highest BCUT2D eigenvalue weighted by molar-refractivity contribution is 5.90. The fourth-order valence-electron chi connectivity index (χ4n) is 5.97. The van der Waals surface area contributed by atoms with E-state index in [2.05, 4.69) is 50.7 Å². The Bertz CT molecular complexity index is 2640. The maximum Gasteiger partial charge on any atom is 0.151 e. The molecule has 0 spiro atoms. The average Bonchev–Trinajstić information content (AvgIpc) is 3.78. The molecule has 0 unspecified atom stereocenters. The van der Waals surface area contributed by atoms with Gasteiger partial charge in [-0.2, -0.15) is 10.2 Å². The lowest BCUT2D eigenvalue weighted by Gasteiger charge is -2.12. The molecule has 0 fully saturated rings. The van der Waals surface area contributed by atoms with Gasteiger partial charge in [-0.05, 0) is 88.4 Å².